The third kappa shape index (κ3) is 2.79. The van der Waals surface area contributed by atoms with Crippen molar-refractivity contribution in [3.63, 3.8) is 0 Å². The SMILES string of the molecule is O=C(O)CC(c1ccc(N2CCCC2)c(F)c1)C1CC1. The van der Waals surface area contributed by atoms with Gasteiger partial charge in [0.2, 0.25) is 0 Å². The van der Waals surface area contributed by atoms with Crippen LogP contribution in [0.3, 0.4) is 0 Å². The topological polar surface area (TPSA) is 40.5 Å². The van der Waals surface area contributed by atoms with Crippen LogP contribution in [0.15, 0.2) is 18.2 Å². The molecule has 4 heteroatoms. The number of anilines is 1. The molecule has 1 saturated carbocycles. The van der Waals surface area contributed by atoms with Crippen LogP contribution in [0.25, 0.3) is 0 Å². The van der Waals surface area contributed by atoms with Gasteiger partial charge in [-0.3, -0.25) is 4.79 Å². The van der Waals surface area contributed by atoms with Gasteiger partial charge in [-0.05, 0) is 55.2 Å². The van der Waals surface area contributed by atoms with Crippen molar-refractivity contribution in [3.8, 4) is 0 Å². The molecule has 1 aromatic rings. The average molecular weight is 277 g/mol. The number of carbonyl (C=O) groups is 1. The lowest BCUT2D eigenvalue weighted by molar-refractivity contribution is -0.137. The predicted octanol–water partition coefficient (Wildman–Crippen LogP) is 3.39. The molecule has 1 aliphatic heterocycles. The highest BCUT2D eigenvalue weighted by atomic mass is 19.1. The van der Waals surface area contributed by atoms with E-state index in [-0.39, 0.29) is 18.2 Å². The lowest BCUT2D eigenvalue weighted by Gasteiger charge is -2.21. The first-order valence-electron chi connectivity index (χ1n) is 7.41. The Kier molecular flexibility index (Phi) is 3.64. The molecule has 3 rings (SSSR count). The Morgan fingerprint density at radius 1 is 1.35 bits per heavy atom. The number of nitrogens with zero attached hydrogens (tertiary/aromatic N) is 1. The molecule has 1 unspecified atom stereocenters. The molecular weight excluding hydrogens is 257 g/mol. The second kappa shape index (κ2) is 5.43. The zero-order valence-electron chi connectivity index (χ0n) is 11.5. The minimum atomic E-state index is -0.800. The maximum absolute atomic E-state index is 14.3. The van der Waals surface area contributed by atoms with Crippen molar-refractivity contribution in [2.24, 2.45) is 5.92 Å². The van der Waals surface area contributed by atoms with Gasteiger partial charge in [0, 0.05) is 13.1 Å². The molecule has 2 aliphatic rings. The fourth-order valence-corrected chi connectivity index (χ4v) is 3.21. The fourth-order valence-electron chi connectivity index (χ4n) is 3.21. The summed E-state index contributed by atoms with van der Waals surface area (Å²) in [6.45, 7) is 1.83. The maximum Gasteiger partial charge on any atom is 0.303 e. The van der Waals surface area contributed by atoms with Crippen LogP contribution in [0.2, 0.25) is 0 Å². The summed E-state index contributed by atoms with van der Waals surface area (Å²) < 4.78 is 14.3. The highest BCUT2D eigenvalue weighted by Crippen LogP contribution is 2.45. The van der Waals surface area contributed by atoms with Crippen molar-refractivity contribution in [2.75, 3.05) is 18.0 Å². The summed E-state index contributed by atoms with van der Waals surface area (Å²) in [6, 6.07) is 5.30. The molecule has 0 amide bonds. The average Bonchev–Trinajstić information content (AvgIpc) is 3.11. The molecule has 1 N–H and O–H groups in total. The number of carboxylic acid groups (broad SMARTS) is 1. The van der Waals surface area contributed by atoms with Crippen LogP contribution in [0.1, 0.15) is 43.6 Å². The Morgan fingerprint density at radius 2 is 2.05 bits per heavy atom. The minimum absolute atomic E-state index is 0.0328. The predicted molar refractivity (Wildman–Crippen MR) is 75.6 cm³/mol. The Morgan fingerprint density at radius 3 is 2.60 bits per heavy atom. The lowest BCUT2D eigenvalue weighted by atomic mass is 9.90. The number of rotatable bonds is 5. The molecule has 1 saturated heterocycles. The van der Waals surface area contributed by atoms with E-state index in [2.05, 4.69) is 4.90 Å². The van der Waals surface area contributed by atoms with E-state index in [1.165, 1.54) is 0 Å². The zero-order chi connectivity index (χ0) is 14.1. The molecule has 1 aromatic carbocycles. The molecule has 2 fully saturated rings. The summed E-state index contributed by atoms with van der Waals surface area (Å²) >= 11 is 0. The van der Waals surface area contributed by atoms with Gasteiger partial charge in [-0.1, -0.05) is 6.07 Å². The van der Waals surface area contributed by atoms with Gasteiger partial charge >= 0.3 is 5.97 Å². The summed E-state index contributed by atoms with van der Waals surface area (Å²) in [5.74, 6) is -0.621. The van der Waals surface area contributed by atoms with Crippen LogP contribution in [0.5, 0.6) is 0 Å². The van der Waals surface area contributed by atoms with Gasteiger partial charge in [0.25, 0.3) is 0 Å². The number of hydrogen-bond donors (Lipinski definition) is 1. The Labute approximate surface area is 118 Å². The van der Waals surface area contributed by atoms with Crippen molar-refractivity contribution in [1.82, 2.24) is 0 Å². The summed E-state index contributed by atoms with van der Waals surface area (Å²) in [7, 11) is 0. The quantitative estimate of drug-likeness (QED) is 0.896. The molecule has 1 atom stereocenters. The minimum Gasteiger partial charge on any atom is -0.481 e. The smallest absolute Gasteiger partial charge is 0.303 e. The largest absolute Gasteiger partial charge is 0.481 e. The third-order valence-corrected chi connectivity index (χ3v) is 4.43. The van der Waals surface area contributed by atoms with Gasteiger partial charge in [0.05, 0.1) is 12.1 Å². The second-order valence-corrected chi connectivity index (χ2v) is 5.95. The van der Waals surface area contributed by atoms with Crippen molar-refractivity contribution < 1.29 is 14.3 Å². The summed E-state index contributed by atoms with van der Waals surface area (Å²) in [5, 5.41) is 9.02. The summed E-state index contributed by atoms with van der Waals surface area (Å²) in [6.07, 6.45) is 4.46. The number of aliphatic carboxylic acids is 1. The molecular formula is C16H20FNO2. The third-order valence-electron chi connectivity index (χ3n) is 4.43. The molecule has 0 bridgehead atoms. The van der Waals surface area contributed by atoms with Crippen molar-refractivity contribution >= 4 is 11.7 Å². The number of halogens is 1. The Bertz CT molecular complexity index is 507. The van der Waals surface area contributed by atoms with Gasteiger partial charge in [-0.15, -0.1) is 0 Å². The normalized spacial score (nSPS) is 20.1. The van der Waals surface area contributed by atoms with Crippen LogP contribution in [0, 0.1) is 11.7 Å². The van der Waals surface area contributed by atoms with E-state index in [1.807, 2.05) is 12.1 Å². The summed E-state index contributed by atoms with van der Waals surface area (Å²) in [4.78, 5) is 13.0. The van der Waals surface area contributed by atoms with Crippen molar-refractivity contribution in [1.29, 1.82) is 0 Å². The first kappa shape index (κ1) is 13.4. The van der Waals surface area contributed by atoms with E-state index in [1.54, 1.807) is 6.07 Å². The molecule has 108 valence electrons. The molecule has 20 heavy (non-hydrogen) atoms. The highest BCUT2D eigenvalue weighted by Gasteiger charge is 2.34. The fraction of sp³-hybridized carbons (Fsp3) is 0.562. The monoisotopic (exact) mass is 277 g/mol. The van der Waals surface area contributed by atoms with Gasteiger partial charge < -0.3 is 10.0 Å². The molecule has 0 aromatic heterocycles. The second-order valence-electron chi connectivity index (χ2n) is 5.95. The van der Waals surface area contributed by atoms with E-state index in [9.17, 15) is 9.18 Å². The van der Waals surface area contributed by atoms with Gasteiger partial charge in [-0.2, -0.15) is 0 Å². The van der Waals surface area contributed by atoms with Gasteiger partial charge in [0.1, 0.15) is 5.82 Å². The standard InChI is InChI=1S/C16H20FNO2/c17-14-9-12(13(10-16(19)20)11-3-4-11)5-6-15(14)18-7-1-2-8-18/h5-6,9,11,13H,1-4,7-8,10H2,(H,19,20). The van der Waals surface area contributed by atoms with Crippen LogP contribution in [0.4, 0.5) is 10.1 Å². The first-order chi connectivity index (χ1) is 9.65. The van der Waals surface area contributed by atoms with Crippen LogP contribution >= 0.6 is 0 Å². The van der Waals surface area contributed by atoms with Crippen molar-refractivity contribution in [2.45, 2.75) is 38.0 Å². The van der Waals surface area contributed by atoms with Gasteiger partial charge in [0.15, 0.2) is 0 Å². The molecule has 0 radical (unpaired) electrons. The van der Waals surface area contributed by atoms with Gasteiger partial charge in [-0.25, -0.2) is 4.39 Å². The van der Waals surface area contributed by atoms with E-state index in [0.717, 1.165) is 44.3 Å². The van der Waals surface area contributed by atoms with E-state index < -0.39 is 5.97 Å². The van der Waals surface area contributed by atoms with E-state index in [0.29, 0.717) is 11.6 Å². The molecule has 1 aliphatic carbocycles. The van der Waals surface area contributed by atoms with Crippen LogP contribution in [-0.2, 0) is 4.79 Å². The summed E-state index contributed by atoms with van der Waals surface area (Å²) in [5.41, 5.74) is 1.51. The van der Waals surface area contributed by atoms with Crippen LogP contribution in [-0.4, -0.2) is 24.2 Å². The van der Waals surface area contributed by atoms with Crippen LogP contribution < -0.4 is 4.90 Å². The number of hydrogen-bond acceptors (Lipinski definition) is 2. The molecule has 3 nitrogen and oxygen atoms in total. The number of benzene rings is 1. The Balaban J connectivity index is 1.82. The highest BCUT2D eigenvalue weighted by molar-refractivity contribution is 5.68. The zero-order valence-corrected chi connectivity index (χ0v) is 11.5. The lowest BCUT2D eigenvalue weighted by Crippen LogP contribution is -2.19. The first-order valence-corrected chi connectivity index (χ1v) is 7.41. The van der Waals surface area contributed by atoms with E-state index >= 15 is 0 Å². The maximum atomic E-state index is 14.3. The number of carboxylic acids is 1. The van der Waals surface area contributed by atoms with Crippen molar-refractivity contribution in [3.05, 3.63) is 29.6 Å². The Hall–Kier alpha value is -1.58. The molecule has 0 spiro atoms. The van der Waals surface area contributed by atoms with E-state index in [4.69, 9.17) is 5.11 Å². The molecule has 1 heterocycles.